The van der Waals surface area contributed by atoms with Gasteiger partial charge in [0.2, 0.25) is 10.0 Å². The van der Waals surface area contributed by atoms with Crippen molar-refractivity contribution < 1.29 is 22.7 Å². The highest BCUT2D eigenvalue weighted by atomic mass is 35.5. The van der Waals surface area contributed by atoms with Crippen LogP contribution in [0.2, 0.25) is 5.02 Å². The number of ether oxygens (including phenoxy) is 1. The van der Waals surface area contributed by atoms with Crippen LogP contribution in [0.3, 0.4) is 0 Å². The van der Waals surface area contributed by atoms with E-state index in [0.717, 1.165) is 0 Å². The quantitative estimate of drug-likeness (QED) is 0.640. The minimum atomic E-state index is -3.80. The van der Waals surface area contributed by atoms with Crippen molar-refractivity contribution in [1.29, 1.82) is 0 Å². The number of nitrogens with one attached hydrogen (secondary N) is 2. The van der Waals surface area contributed by atoms with Gasteiger partial charge in [0.25, 0.3) is 11.8 Å². The Morgan fingerprint density at radius 2 is 1.67 bits per heavy atom. The van der Waals surface area contributed by atoms with Crippen LogP contribution in [0.5, 0.6) is 0 Å². The Balaban J connectivity index is 1.82. The molecule has 2 atom stereocenters. The molecule has 2 aromatic carbocycles. The first kappa shape index (κ1) is 25.2. The fourth-order valence-electron chi connectivity index (χ4n) is 3.58. The van der Waals surface area contributed by atoms with Crippen LogP contribution in [0.4, 0.5) is 5.69 Å². The van der Waals surface area contributed by atoms with Crippen LogP contribution >= 0.6 is 11.6 Å². The molecule has 33 heavy (non-hydrogen) atoms. The van der Waals surface area contributed by atoms with E-state index in [1.54, 1.807) is 6.07 Å². The van der Waals surface area contributed by atoms with E-state index in [9.17, 15) is 18.0 Å². The summed E-state index contributed by atoms with van der Waals surface area (Å²) in [5.41, 5.74) is 0.746. The molecule has 178 valence electrons. The maximum Gasteiger partial charge on any atom is 0.255 e. The first-order chi connectivity index (χ1) is 15.5. The third kappa shape index (κ3) is 6.11. The summed E-state index contributed by atoms with van der Waals surface area (Å²) in [5.74, 6) is -0.835. The van der Waals surface area contributed by atoms with E-state index in [1.807, 2.05) is 27.7 Å². The molecule has 0 radical (unpaired) electrons. The number of carbonyl (C=O) groups is 2. The van der Waals surface area contributed by atoms with Crippen molar-refractivity contribution in [3.05, 3.63) is 58.6 Å². The van der Waals surface area contributed by atoms with Crippen LogP contribution in [0, 0.1) is 0 Å². The van der Waals surface area contributed by atoms with E-state index >= 15 is 0 Å². The molecule has 2 unspecified atom stereocenters. The third-order valence-electron chi connectivity index (χ3n) is 5.02. The van der Waals surface area contributed by atoms with Crippen molar-refractivity contribution in [3.63, 3.8) is 0 Å². The summed E-state index contributed by atoms with van der Waals surface area (Å²) in [6, 6.07) is 10.3. The number of anilines is 1. The van der Waals surface area contributed by atoms with Gasteiger partial charge in [0, 0.05) is 30.3 Å². The molecule has 8 nitrogen and oxygen atoms in total. The molecule has 0 bridgehead atoms. The molecule has 1 aliphatic rings. The number of hydrogen-bond donors (Lipinski definition) is 2. The standard InChI is InChI=1S/C23H28ClN3O5S/c1-14(2)25-22(28)18-8-9-20(24)21(11-18)26-23(29)17-6-5-7-19(10-17)33(30,31)27-12-15(3)32-16(4)13-27/h5-11,14-16H,12-13H2,1-4H3,(H,25,28)(H,26,29). The fourth-order valence-corrected chi connectivity index (χ4v) is 5.38. The molecule has 1 heterocycles. The van der Waals surface area contributed by atoms with Crippen LogP contribution in [0.25, 0.3) is 0 Å². The average molecular weight is 494 g/mol. The normalized spacial score (nSPS) is 19.3. The predicted molar refractivity (Wildman–Crippen MR) is 127 cm³/mol. The lowest BCUT2D eigenvalue weighted by atomic mass is 10.1. The number of carbonyl (C=O) groups excluding carboxylic acids is 2. The summed E-state index contributed by atoms with van der Waals surface area (Å²) >= 11 is 6.21. The van der Waals surface area contributed by atoms with Gasteiger partial charge in [-0.05, 0) is 64.1 Å². The molecular formula is C23H28ClN3O5S. The van der Waals surface area contributed by atoms with Gasteiger partial charge >= 0.3 is 0 Å². The van der Waals surface area contributed by atoms with Crippen LogP contribution in [0.1, 0.15) is 48.4 Å². The largest absolute Gasteiger partial charge is 0.373 e. The number of hydrogen-bond acceptors (Lipinski definition) is 5. The van der Waals surface area contributed by atoms with Gasteiger partial charge in [0.15, 0.2) is 0 Å². The Kier molecular flexibility index (Phi) is 7.79. The summed E-state index contributed by atoms with van der Waals surface area (Å²) in [5, 5.41) is 5.70. The van der Waals surface area contributed by atoms with Crippen LogP contribution in [-0.4, -0.2) is 55.9 Å². The van der Waals surface area contributed by atoms with Crippen molar-refractivity contribution in [2.45, 2.75) is 50.8 Å². The molecule has 0 aliphatic carbocycles. The first-order valence-electron chi connectivity index (χ1n) is 10.6. The molecule has 2 aromatic rings. The molecule has 0 aromatic heterocycles. The Morgan fingerprint density at radius 3 is 2.30 bits per heavy atom. The average Bonchev–Trinajstić information content (AvgIpc) is 2.74. The van der Waals surface area contributed by atoms with Gasteiger partial charge in [0.05, 0.1) is 27.8 Å². The summed E-state index contributed by atoms with van der Waals surface area (Å²) in [6.45, 7) is 7.81. The van der Waals surface area contributed by atoms with Crippen molar-refractivity contribution in [1.82, 2.24) is 9.62 Å². The maximum atomic E-state index is 13.1. The number of benzene rings is 2. The molecule has 1 fully saturated rings. The third-order valence-corrected chi connectivity index (χ3v) is 7.17. The van der Waals surface area contributed by atoms with Gasteiger partial charge in [-0.3, -0.25) is 9.59 Å². The lowest BCUT2D eigenvalue weighted by Gasteiger charge is -2.34. The second kappa shape index (κ2) is 10.2. The van der Waals surface area contributed by atoms with E-state index in [4.69, 9.17) is 16.3 Å². The highest BCUT2D eigenvalue weighted by Crippen LogP contribution is 2.25. The smallest absolute Gasteiger partial charge is 0.255 e. The van der Waals surface area contributed by atoms with Crippen molar-refractivity contribution in [2.24, 2.45) is 0 Å². The zero-order valence-electron chi connectivity index (χ0n) is 19.0. The Morgan fingerprint density at radius 1 is 1.03 bits per heavy atom. The number of amides is 2. The molecule has 1 saturated heterocycles. The highest BCUT2D eigenvalue weighted by Gasteiger charge is 2.32. The Labute approximate surface area is 199 Å². The van der Waals surface area contributed by atoms with Crippen molar-refractivity contribution in [3.8, 4) is 0 Å². The molecule has 2 amide bonds. The molecule has 0 saturated carbocycles. The van der Waals surface area contributed by atoms with Crippen molar-refractivity contribution in [2.75, 3.05) is 18.4 Å². The maximum absolute atomic E-state index is 13.1. The van der Waals surface area contributed by atoms with E-state index < -0.39 is 15.9 Å². The number of nitrogens with zero attached hydrogens (tertiary/aromatic N) is 1. The monoisotopic (exact) mass is 493 g/mol. The zero-order valence-corrected chi connectivity index (χ0v) is 20.5. The molecule has 10 heteroatoms. The summed E-state index contributed by atoms with van der Waals surface area (Å²) in [4.78, 5) is 25.2. The second-order valence-electron chi connectivity index (χ2n) is 8.38. The first-order valence-corrected chi connectivity index (χ1v) is 12.5. The molecular weight excluding hydrogens is 466 g/mol. The van der Waals surface area contributed by atoms with Gasteiger partial charge in [-0.1, -0.05) is 17.7 Å². The van der Waals surface area contributed by atoms with E-state index in [-0.39, 0.29) is 58.4 Å². The van der Waals surface area contributed by atoms with E-state index in [0.29, 0.717) is 5.56 Å². The van der Waals surface area contributed by atoms with Gasteiger partial charge in [-0.15, -0.1) is 0 Å². The van der Waals surface area contributed by atoms with Gasteiger partial charge in [-0.2, -0.15) is 4.31 Å². The van der Waals surface area contributed by atoms with Crippen LogP contribution in [-0.2, 0) is 14.8 Å². The SMILES string of the molecule is CC(C)NC(=O)c1ccc(Cl)c(NC(=O)c2cccc(S(=O)(=O)N3CC(C)OC(C)C3)c2)c1. The van der Waals surface area contributed by atoms with Crippen LogP contribution in [0.15, 0.2) is 47.4 Å². The van der Waals surface area contributed by atoms with Crippen LogP contribution < -0.4 is 10.6 Å². The molecule has 1 aliphatic heterocycles. The van der Waals surface area contributed by atoms with Gasteiger partial charge in [-0.25, -0.2) is 8.42 Å². The van der Waals surface area contributed by atoms with Crippen molar-refractivity contribution >= 4 is 39.1 Å². The summed E-state index contributed by atoms with van der Waals surface area (Å²) in [6.07, 6.45) is -0.449. The topological polar surface area (TPSA) is 105 Å². The number of halogens is 1. The lowest BCUT2D eigenvalue weighted by Crippen LogP contribution is -2.48. The molecule has 2 N–H and O–H groups in total. The fraction of sp³-hybridized carbons (Fsp3) is 0.391. The molecule has 0 spiro atoms. The second-order valence-corrected chi connectivity index (χ2v) is 10.7. The molecule has 3 rings (SSSR count). The number of morpholine rings is 1. The number of sulfonamides is 1. The zero-order chi connectivity index (χ0) is 24.3. The lowest BCUT2D eigenvalue weighted by molar-refractivity contribution is -0.0440. The minimum Gasteiger partial charge on any atom is -0.373 e. The van der Waals surface area contributed by atoms with Gasteiger partial charge in [0.1, 0.15) is 0 Å². The van der Waals surface area contributed by atoms with Gasteiger partial charge < -0.3 is 15.4 Å². The van der Waals surface area contributed by atoms with E-state index in [1.165, 1.54) is 40.7 Å². The summed E-state index contributed by atoms with van der Waals surface area (Å²) in [7, 11) is -3.80. The summed E-state index contributed by atoms with van der Waals surface area (Å²) < 4.78 is 33.3. The minimum absolute atomic E-state index is 0.0209. The predicted octanol–water partition coefficient (Wildman–Crippen LogP) is 3.53. The number of rotatable bonds is 6. The van der Waals surface area contributed by atoms with E-state index in [2.05, 4.69) is 10.6 Å². The Hall–Kier alpha value is -2.46. The highest BCUT2D eigenvalue weighted by molar-refractivity contribution is 7.89. The Bertz CT molecular complexity index is 1140.